The van der Waals surface area contributed by atoms with Crippen LogP contribution < -0.4 is 11.1 Å². The molecular formula is C20H25ClN4O4S. The molecule has 0 bridgehead atoms. The van der Waals surface area contributed by atoms with Gasteiger partial charge in [-0.3, -0.25) is 14.3 Å². The molecule has 1 unspecified atom stereocenters. The van der Waals surface area contributed by atoms with Gasteiger partial charge in [0.05, 0.1) is 15.8 Å². The van der Waals surface area contributed by atoms with Gasteiger partial charge >= 0.3 is 0 Å². The minimum Gasteiger partial charge on any atom is -0.368 e. The second kappa shape index (κ2) is 9.18. The smallest absolute Gasteiger partial charge is 0.239 e. The Labute approximate surface area is 180 Å². The fourth-order valence-corrected chi connectivity index (χ4v) is 5.24. The van der Waals surface area contributed by atoms with E-state index < -0.39 is 21.7 Å². The number of aromatic nitrogens is 2. The van der Waals surface area contributed by atoms with Gasteiger partial charge in [-0.2, -0.15) is 5.10 Å². The van der Waals surface area contributed by atoms with Gasteiger partial charge in [-0.15, -0.1) is 0 Å². The first-order chi connectivity index (χ1) is 14.1. The molecule has 162 valence electrons. The number of halogens is 1. The molecule has 30 heavy (non-hydrogen) atoms. The summed E-state index contributed by atoms with van der Waals surface area (Å²) < 4.78 is 25.1. The van der Waals surface area contributed by atoms with Gasteiger partial charge in [0.25, 0.3) is 0 Å². The summed E-state index contributed by atoms with van der Waals surface area (Å²) in [6, 6.07) is 6.24. The van der Waals surface area contributed by atoms with Gasteiger partial charge in [0.1, 0.15) is 6.54 Å². The number of primary amides is 1. The number of nitrogens with two attached hydrogens (primary N) is 1. The molecule has 10 heteroatoms. The molecule has 8 nitrogen and oxygen atoms in total. The Bertz CT molecular complexity index is 1040. The lowest BCUT2D eigenvalue weighted by molar-refractivity contribution is -0.119. The molecule has 3 rings (SSSR count). The van der Waals surface area contributed by atoms with Crippen molar-refractivity contribution in [2.45, 2.75) is 49.5 Å². The maximum Gasteiger partial charge on any atom is 0.239 e. The Hall–Kier alpha value is -2.39. The first kappa shape index (κ1) is 22.3. The molecule has 1 heterocycles. The van der Waals surface area contributed by atoms with Crippen molar-refractivity contribution in [3.63, 3.8) is 0 Å². The largest absolute Gasteiger partial charge is 0.368 e. The summed E-state index contributed by atoms with van der Waals surface area (Å²) in [6.45, 7) is -0.0794. The number of anilines is 1. The van der Waals surface area contributed by atoms with Crippen molar-refractivity contribution in [1.29, 1.82) is 0 Å². The molecule has 1 saturated carbocycles. The van der Waals surface area contributed by atoms with Crippen molar-refractivity contribution in [2.24, 2.45) is 11.7 Å². The summed E-state index contributed by atoms with van der Waals surface area (Å²) in [4.78, 5) is 24.2. The third-order valence-electron chi connectivity index (χ3n) is 5.33. The average molecular weight is 453 g/mol. The van der Waals surface area contributed by atoms with E-state index in [4.69, 9.17) is 17.3 Å². The van der Waals surface area contributed by atoms with Gasteiger partial charge in [0, 0.05) is 18.5 Å². The number of carbonyl (C=O) groups excluding carboxylic acids is 2. The molecule has 0 spiro atoms. The Balaban J connectivity index is 1.84. The maximum atomic E-state index is 13.1. The first-order valence-electron chi connectivity index (χ1n) is 9.75. The first-order valence-corrected chi connectivity index (χ1v) is 12.0. The number of sulfone groups is 1. The van der Waals surface area contributed by atoms with Crippen LogP contribution in [0.2, 0.25) is 5.02 Å². The summed E-state index contributed by atoms with van der Waals surface area (Å²) in [5, 5.41) is 7.03. The Morgan fingerprint density at radius 3 is 2.60 bits per heavy atom. The van der Waals surface area contributed by atoms with E-state index in [-0.39, 0.29) is 22.4 Å². The van der Waals surface area contributed by atoms with Crippen molar-refractivity contribution in [3.05, 3.63) is 41.0 Å². The molecule has 1 aliphatic carbocycles. The van der Waals surface area contributed by atoms with Crippen LogP contribution in [0.25, 0.3) is 0 Å². The third-order valence-corrected chi connectivity index (χ3v) is 6.91. The van der Waals surface area contributed by atoms with E-state index in [0.29, 0.717) is 23.7 Å². The van der Waals surface area contributed by atoms with Crippen molar-refractivity contribution in [1.82, 2.24) is 9.78 Å². The van der Waals surface area contributed by atoms with Crippen molar-refractivity contribution in [2.75, 3.05) is 11.6 Å². The van der Waals surface area contributed by atoms with Gasteiger partial charge in [-0.25, -0.2) is 8.42 Å². The summed E-state index contributed by atoms with van der Waals surface area (Å²) in [6.07, 6.45) is 7.71. The lowest BCUT2D eigenvalue weighted by Gasteiger charge is -2.21. The quantitative estimate of drug-likeness (QED) is 0.637. The average Bonchev–Trinajstić information content (AvgIpc) is 3.30. The lowest BCUT2D eigenvalue weighted by Crippen LogP contribution is -2.24. The maximum absolute atomic E-state index is 13.1. The van der Waals surface area contributed by atoms with E-state index >= 15 is 0 Å². The lowest BCUT2D eigenvalue weighted by atomic mass is 9.87. The number of nitrogens with one attached hydrogen (secondary N) is 1. The highest BCUT2D eigenvalue weighted by atomic mass is 35.5. The molecule has 1 fully saturated rings. The highest BCUT2D eigenvalue weighted by Gasteiger charge is 2.28. The summed E-state index contributed by atoms with van der Waals surface area (Å²) in [7, 11) is -3.46. The zero-order chi connectivity index (χ0) is 21.9. The molecule has 0 radical (unpaired) electrons. The van der Waals surface area contributed by atoms with Gasteiger partial charge in [-0.05, 0) is 30.0 Å². The Kier molecular flexibility index (Phi) is 6.82. The van der Waals surface area contributed by atoms with Crippen LogP contribution in [-0.4, -0.2) is 36.3 Å². The molecule has 3 N–H and O–H groups in total. The van der Waals surface area contributed by atoms with E-state index in [1.807, 2.05) is 0 Å². The summed E-state index contributed by atoms with van der Waals surface area (Å²) >= 11 is 6.22. The van der Waals surface area contributed by atoms with Gasteiger partial charge in [-0.1, -0.05) is 43.4 Å². The molecule has 1 aromatic carbocycles. The zero-order valence-electron chi connectivity index (χ0n) is 16.7. The summed E-state index contributed by atoms with van der Waals surface area (Å²) in [5.41, 5.74) is 5.83. The minimum absolute atomic E-state index is 0.0399. The van der Waals surface area contributed by atoms with Crippen LogP contribution in [0.15, 0.2) is 35.4 Å². The van der Waals surface area contributed by atoms with Crippen LogP contribution >= 0.6 is 11.6 Å². The van der Waals surface area contributed by atoms with E-state index in [9.17, 15) is 18.0 Å². The SMILES string of the molecule is CS(=O)(=O)c1ccc(C(CC2CCCC2)C(=O)Nc2ccn(CC(N)=O)n2)cc1Cl. The Morgan fingerprint density at radius 2 is 2.00 bits per heavy atom. The van der Waals surface area contributed by atoms with Crippen LogP contribution in [-0.2, 0) is 26.0 Å². The second-order valence-corrected chi connectivity index (χ2v) is 10.1. The predicted molar refractivity (Wildman–Crippen MR) is 114 cm³/mol. The monoisotopic (exact) mass is 452 g/mol. The number of nitrogens with zero attached hydrogens (tertiary/aromatic N) is 2. The van der Waals surface area contributed by atoms with Crippen molar-refractivity contribution >= 4 is 39.1 Å². The zero-order valence-corrected chi connectivity index (χ0v) is 18.2. The van der Waals surface area contributed by atoms with Gasteiger partial charge < -0.3 is 11.1 Å². The van der Waals surface area contributed by atoms with Crippen LogP contribution in [0.4, 0.5) is 5.82 Å². The third kappa shape index (κ3) is 5.60. The number of rotatable bonds is 8. The van der Waals surface area contributed by atoms with E-state index in [0.717, 1.165) is 31.9 Å². The number of hydrogen-bond acceptors (Lipinski definition) is 5. The molecular weight excluding hydrogens is 428 g/mol. The standard InChI is InChI=1S/C20H25ClN4O4S/c1-30(28,29)17-7-6-14(11-16(17)21)15(10-13-4-2-3-5-13)20(27)23-19-8-9-25(24-19)12-18(22)26/h6-9,11,13,15H,2-5,10,12H2,1H3,(H2,22,26)(H,23,24,27). The molecule has 1 atom stereocenters. The fourth-order valence-electron chi connectivity index (χ4n) is 3.90. The van der Waals surface area contributed by atoms with Crippen LogP contribution in [0.3, 0.4) is 0 Å². The molecule has 1 aromatic heterocycles. The number of amides is 2. The molecule has 2 amide bonds. The van der Waals surface area contributed by atoms with Crippen molar-refractivity contribution in [3.8, 4) is 0 Å². The van der Waals surface area contributed by atoms with Crippen LogP contribution in [0.1, 0.15) is 43.6 Å². The number of hydrogen-bond donors (Lipinski definition) is 2. The highest BCUT2D eigenvalue weighted by molar-refractivity contribution is 7.90. The van der Waals surface area contributed by atoms with Gasteiger partial charge in [0.15, 0.2) is 15.7 Å². The fraction of sp³-hybridized carbons (Fsp3) is 0.450. The Morgan fingerprint density at radius 1 is 1.30 bits per heavy atom. The van der Waals surface area contributed by atoms with Crippen LogP contribution in [0, 0.1) is 5.92 Å². The van der Waals surface area contributed by atoms with E-state index in [2.05, 4.69) is 10.4 Å². The van der Waals surface area contributed by atoms with Crippen molar-refractivity contribution < 1.29 is 18.0 Å². The van der Waals surface area contributed by atoms with Crippen LogP contribution in [0.5, 0.6) is 0 Å². The second-order valence-electron chi connectivity index (χ2n) is 7.75. The van der Waals surface area contributed by atoms with E-state index in [1.165, 1.54) is 10.7 Å². The molecule has 0 saturated heterocycles. The number of benzene rings is 1. The van der Waals surface area contributed by atoms with Gasteiger partial charge in [0.2, 0.25) is 11.8 Å². The topological polar surface area (TPSA) is 124 Å². The van der Waals surface area contributed by atoms with E-state index in [1.54, 1.807) is 24.4 Å². The molecule has 2 aromatic rings. The number of carbonyl (C=O) groups is 2. The molecule has 0 aliphatic heterocycles. The summed E-state index contributed by atoms with van der Waals surface area (Å²) in [5.74, 6) is -0.552. The predicted octanol–water partition coefficient (Wildman–Crippen LogP) is 2.73. The molecule has 1 aliphatic rings. The highest BCUT2D eigenvalue weighted by Crippen LogP contribution is 2.36. The normalized spacial score (nSPS) is 15.8. The minimum atomic E-state index is -3.46.